The fraction of sp³-hybridized carbons (Fsp3) is 0.391. The standard InChI is InChI=1S/C23H28N2O4/c1-2-3-14-28-18-12-10-17(11-13-18)22(26)25-21-9-5-4-8-20(21)23(27)24-16-19-7-6-15-29-19/h4-5,8-13,19H,2-3,6-7,14-16H2,1H3,(H,24,27)(H,25,26)/t19-/m0/s1. The molecule has 0 radical (unpaired) electrons. The zero-order chi connectivity index (χ0) is 20.5. The predicted octanol–water partition coefficient (Wildman–Crippen LogP) is 4.03. The summed E-state index contributed by atoms with van der Waals surface area (Å²) in [7, 11) is 0. The van der Waals surface area contributed by atoms with Crippen LogP contribution < -0.4 is 15.4 Å². The van der Waals surface area contributed by atoms with Crippen molar-refractivity contribution in [3.8, 4) is 5.75 Å². The lowest BCUT2D eigenvalue weighted by Gasteiger charge is -2.14. The molecule has 0 aromatic heterocycles. The van der Waals surface area contributed by atoms with Crippen molar-refractivity contribution in [2.45, 2.75) is 38.7 Å². The monoisotopic (exact) mass is 396 g/mol. The van der Waals surface area contributed by atoms with Crippen LogP contribution in [-0.4, -0.2) is 37.7 Å². The lowest BCUT2D eigenvalue weighted by atomic mass is 10.1. The molecule has 2 amide bonds. The van der Waals surface area contributed by atoms with Gasteiger partial charge in [0.05, 0.1) is 24.0 Å². The van der Waals surface area contributed by atoms with Gasteiger partial charge >= 0.3 is 0 Å². The molecule has 0 unspecified atom stereocenters. The van der Waals surface area contributed by atoms with E-state index in [1.165, 1.54) is 0 Å². The highest BCUT2D eigenvalue weighted by Gasteiger charge is 2.18. The van der Waals surface area contributed by atoms with Crippen molar-refractivity contribution in [1.82, 2.24) is 5.32 Å². The molecule has 0 bridgehead atoms. The first-order valence-corrected chi connectivity index (χ1v) is 10.2. The van der Waals surface area contributed by atoms with E-state index in [1.54, 1.807) is 48.5 Å². The topological polar surface area (TPSA) is 76.7 Å². The summed E-state index contributed by atoms with van der Waals surface area (Å²) in [6.45, 7) is 3.99. The molecule has 0 spiro atoms. The van der Waals surface area contributed by atoms with Crippen LogP contribution in [0.1, 0.15) is 53.3 Å². The largest absolute Gasteiger partial charge is 0.494 e. The molecule has 29 heavy (non-hydrogen) atoms. The molecule has 0 saturated carbocycles. The normalized spacial score (nSPS) is 15.7. The summed E-state index contributed by atoms with van der Waals surface area (Å²) in [5.41, 5.74) is 1.41. The molecule has 0 aliphatic carbocycles. The van der Waals surface area contributed by atoms with Gasteiger partial charge in [-0.3, -0.25) is 9.59 Å². The van der Waals surface area contributed by atoms with Gasteiger partial charge in [0.25, 0.3) is 11.8 Å². The SMILES string of the molecule is CCCCOc1ccc(C(=O)Nc2ccccc2C(=O)NC[C@@H]2CCCO2)cc1. The molecule has 1 saturated heterocycles. The van der Waals surface area contributed by atoms with E-state index in [-0.39, 0.29) is 17.9 Å². The van der Waals surface area contributed by atoms with Crippen LogP contribution in [0.4, 0.5) is 5.69 Å². The molecule has 1 fully saturated rings. The predicted molar refractivity (Wildman–Crippen MR) is 113 cm³/mol. The number of carbonyl (C=O) groups is 2. The fourth-order valence-electron chi connectivity index (χ4n) is 3.13. The van der Waals surface area contributed by atoms with Gasteiger partial charge < -0.3 is 20.1 Å². The molecule has 1 aliphatic heterocycles. The lowest BCUT2D eigenvalue weighted by molar-refractivity contribution is 0.0858. The number of ether oxygens (including phenoxy) is 2. The number of anilines is 1. The number of carbonyl (C=O) groups excluding carboxylic acids is 2. The highest BCUT2D eigenvalue weighted by atomic mass is 16.5. The highest BCUT2D eigenvalue weighted by molar-refractivity contribution is 6.09. The van der Waals surface area contributed by atoms with Gasteiger partial charge in [-0.15, -0.1) is 0 Å². The third-order valence-corrected chi connectivity index (χ3v) is 4.82. The van der Waals surface area contributed by atoms with Crippen LogP contribution >= 0.6 is 0 Å². The second-order valence-corrected chi connectivity index (χ2v) is 7.07. The maximum absolute atomic E-state index is 12.6. The van der Waals surface area contributed by atoms with Crippen LogP contribution in [0.25, 0.3) is 0 Å². The Morgan fingerprint density at radius 2 is 1.90 bits per heavy atom. The van der Waals surface area contributed by atoms with Crippen molar-refractivity contribution in [3.05, 3.63) is 59.7 Å². The van der Waals surface area contributed by atoms with Crippen LogP contribution in [0, 0.1) is 0 Å². The molecule has 2 aromatic carbocycles. The fourth-order valence-corrected chi connectivity index (χ4v) is 3.13. The number of amides is 2. The minimum absolute atomic E-state index is 0.0683. The molecular weight excluding hydrogens is 368 g/mol. The average Bonchev–Trinajstić information content (AvgIpc) is 3.27. The van der Waals surface area contributed by atoms with Crippen molar-refractivity contribution in [1.29, 1.82) is 0 Å². The summed E-state index contributed by atoms with van der Waals surface area (Å²) < 4.78 is 11.2. The number of hydrogen-bond donors (Lipinski definition) is 2. The molecule has 1 atom stereocenters. The minimum atomic E-state index is -0.274. The molecular formula is C23H28N2O4. The number of unbranched alkanes of at least 4 members (excludes halogenated alkanes) is 1. The molecule has 2 N–H and O–H groups in total. The first-order chi connectivity index (χ1) is 14.2. The molecule has 6 nitrogen and oxygen atoms in total. The zero-order valence-electron chi connectivity index (χ0n) is 16.8. The molecule has 1 heterocycles. The van der Waals surface area contributed by atoms with Crippen LogP contribution in [0.2, 0.25) is 0 Å². The molecule has 154 valence electrons. The van der Waals surface area contributed by atoms with Gasteiger partial charge in [-0.25, -0.2) is 0 Å². The van der Waals surface area contributed by atoms with Crippen LogP contribution in [0.3, 0.4) is 0 Å². The van der Waals surface area contributed by atoms with E-state index in [2.05, 4.69) is 17.6 Å². The van der Waals surface area contributed by atoms with E-state index in [0.29, 0.717) is 30.0 Å². The second kappa shape index (κ2) is 10.6. The number of nitrogens with one attached hydrogen (secondary N) is 2. The first kappa shape index (κ1) is 20.9. The summed E-state index contributed by atoms with van der Waals surface area (Å²) in [6, 6.07) is 14.0. The number of hydrogen-bond acceptors (Lipinski definition) is 4. The maximum Gasteiger partial charge on any atom is 0.255 e. The molecule has 3 rings (SSSR count). The molecule has 2 aromatic rings. The number of rotatable bonds is 9. The Balaban J connectivity index is 1.60. The van der Waals surface area contributed by atoms with Crippen LogP contribution in [0.5, 0.6) is 5.75 Å². The van der Waals surface area contributed by atoms with Gasteiger partial charge in [0.1, 0.15) is 5.75 Å². The molecule has 1 aliphatic rings. The average molecular weight is 396 g/mol. The second-order valence-electron chi connectivity index (χ2n) is 7.07. The van der Waals surface area contributed by atoms with Crippen molar-refractivity contribution in [2.24, 2.45) is 0 Å². The van der Waals surface area contributed by atoms with E-state index in [1.807, 2.05) is 0 Å². The Labute approximate surface area is 171 Å². The third-order valence-electron chi connectivity index (χ3n) is 4.82. The van der Waals surface area contributed by atoms with Gasteiger partial charge in [0.15, 0.2) is 0 Å². The third kappa shape index (κ3) is 6.06. The summed E-state index contributed by atoms with van der Waals surface area (Å²) in [6.07, 6.45) is 4.11. The number of benzene rings is 2. The Kier molecular flexibility index (Phi) is 7.64. The van der Waals surface area contributed by atoms with E-state index in [9.17, 15) is 9.59 Å². The van der Waals surface area contributed by atoms with Gasteiger partial charge in [-0.2, -0.15) is 0 Å². The quantitative estimate of drug-likeness (QED) is 0.628. The Morgan fingerprint density at radius 1 is 1.10 bits per heavy atom. The summed E-state index contributed by atoms with van der Waals surface area (Å²) in [4.78, 5) is 25.2. The smallest absolute Gasteiger partial charge is 0.255 e. The Bertz CT molecular complexity index is 814. The molecule has 6 heteroatoms. The summed E-state index contributed by atoms with van der Waals surface area (Å²) >= 11 is 0. The zero-order valence-corrected chi connectivity index (χ0v) is 16.8. The van der Waals surface area contributed by atoms with Gasteiger partial charge in [-0.1, -0.05) is 25.5 Å². The van der Waals surface area contributed by atoms with E-state index in [0.717, 1.165) is 38.0 Å². The van der Waals surface area contributed by atoms with Gasteiger partial charge in [0.2, 0.25) is 0 Å². The minimum Gasteiger partial charge on any atom is -0.494 e. The number of para-hydroxylation sites is 1. The van der Waals surface area contributed by atoms with Crippen molar-refractivity contribution >= 4 is 17.5 Å². The summed E-state index contributed by atoms with van der Waals surface area (Å²) in [5.74, 6) is 0.240. The summed E-state index contributed by atoms with van der Waals surface area (Å²) in [5, 5.41) is 5.73. The van der Waals surface area contributed by atoms with Crippen molar-refractivity contribution in [3.63, 3.8) is 0 Å². The Morgan fingerprint density at radius 3 is 2.62 bits per heavy atom. The first-order valence-electron chi connectivity index (χ1n) is 10.2. The van der Waals surface area contributed by atoms with E-state index >= 15 is 0 Å². The van der Waals surface area contributed by atoms with E-state index < -0.39 is 0 Å². The van der Waals surface area contributed by atoms with Crippen molar-refractivity contribution in [2.75, 3.05) is 25.1 Å². The van der Waals surface area contributed by atoms with Crippen LogP contribution in [-0.2, 0) is 4.74 Å². The lowest BCUT2D eigenvalue weighted by Crippen LogP contribution is -2.32. The van der Waals surface area contributed by atoms with E-state index in [4.69, 9.17) is 9.47 Å². The van der Waals surface area contributed by atoms with Crippen LogP contribution in [0.15, 0.2) is 48.5 Å². The highest BCUT2D eigenvalue weighted by Crippen LogP contribution is 2.18. The van der Waals surface area contributed by atoms with Gasteiger partial charge in [0, 0.05) is 18.7 Å². The Hall–Kier alpha value is -2.86. The van der Waals surface area contributed by atoms with Crippen molar-refractivity contribution < 1.29 is 19.1 Å². The van der Waals surface area contributed by atoms with Gasteiger partial charge in [-0.05, 0) is 55.7 Å². The maximum atomic E-state index is 12.6.